The maximum atomic E-state index is 11.8. The number of hydrogen-bond donors (Lipinski definition) is 0. The smallest absolute Gasteiger partial charge is 0.311 e. The molecule has 0 radical (unpaired) electrons. The molecule has 0 aliphatic heterocycles. The van der Waals surface area contributed by atoms with E-state index in [4.69, 9.17) is 18.9 Å². The van der Waals surface area contributed by atoms with E-state index in [1.807, 2.05) is 41.5 Å². The summed E-state index contributed by atoms with van der Waals surface area (Å²) in [6, 6.07) is 0. The predicted molar refractivity (Wildman–Crippen MR) is 244 cm³/mol. The highest BCUT2D eigenvalue weighted by atomic mass is 32.2. The van der Waals surface area contributed by atoms with Crippen molar-refractivity contribution >= 4 is 64.3 Å². The summed E-state index contributed by atoms with van der Waals surface area (Å²) in [5.74, 6) is -2.92. The minimum Gasteiger partial charge on any atom is -0.748 e. The van der Waals surface area contributed by atoms with Crippen LogP contribution in [0.25, 0.3) is 0 Å². The molecule has 1 unspecified atom stereocenters. The van der Waals surface area contributed by atoms with Crippen molar-refractivity contribution in [2.45, 2.75) is 185 Å². The molecule has 0 aromatic heterocycles. The average molecular weight is 1050 g/mol. The standard InChI is InChI=1S/C12H22O5S.C11H22O5S.C10H20O5S.C9H18O6S/c1-4-12(2,3)11(13)17-9-5-7-10(8-6-9)18(14,15)16;1-5-11(3,4)10(12)16-9(2)7-6-8-17(13,14)15;1-4-10(2,3)9(11)15-7-5-6-8-16(12,13)14;1-4-9(2,3)8(10)15-6-5-14-7-16(11,12)13/h9-10H,4-8H2,1-3H3,(H,14,15,16);9H,5-8H2,1-4H3,(H,13,14,15);4-8H2,1-3H3,(H,12,13,14);4-7H2,1-3H3,(H,11,12,13)/p-4. The van der Waals surface area contributed by atoms with E-state index in [-0.39, 0.29) is 81.6 Å². The summed E-state index contributed by atoms with van der Waals surface area (Å²) >= 11 is 0. The Morgan fingerprint density at radius 2 is 0.910 bits per heavy atom. The minimum atomic E-state index is -4.37. The Labute approximate surface area is 400 Å². The van der Waals surface area contributed by atoms with Crippen molar-refractivity contribution in [3.63, 3.8) is 0 Å². The molecule has 1 aliphatic carbocycles. The van der Waals surface area contributed by atoms with Crippen LogP contribution in [0.4, 0.5) is 0 Å². The molecule has 21 nitrogen and oxygen atoms in total. The van der Waals surface area contributed by atoms with Crippen molar-refractivity contribution < 1.29 is 94.7 Å². The normalized spacial score (nSPS) is 16.6. The summed E-state index contributed by atoms with van der Waals surface area (Å²) in [7, 11) is -16.9. The Morgan fingerprint density at radius 1 is 0.522 bits per heavy atom. The fourth-order valence-corrected chi connectivity index (χ4v) is 6.82. The van der Waals surface area contributed by atoms with Crippen LogP contribution in [0, 0.1) is 21.7 Å². The van der Waals surface area contributed by atoms with E-state index in [1.165, 1.54) is 0 Å². The second-order valence-electron chi connectivity index (χ2n) is 18.7. The van der Waals surface area contributed by atoms with Gasteiger partial charge in [0.05, 0.1) is 71.3 Å². The molecule has 0 saturated heterocycles. The number of unbranched alkanes of at least 4 members (excludes halogenated alkanes) is 1. The summed E-state index contributed by atoms with van der Waals surface area (Å²) in [6.45, 7) is 23.6. The molecule has 1 rings (SSSR count). The van der Waals surface area contributed by atoms with Crippen LogP contribution < -0.4 is 0 Å². The Kier molecular flexibility index (Phi) is 31.8. The highest BCUT2D eigenvalue weighted by Crippen LogP contribution is 2.29. The zero-order valence-electron chi connectivity index (χ0n) is 41.7. The largest absolute Gasteiger partial charge is 0.748 e. The molecule has 1 aliphatic rings. The van der Waals surface area contributed by atoms with Gasteiger partial charge >= 0.3 is 23.9 Å². The van der Waals surface area contributed by atoms with E-state index in [0.29, 0.717) is 51.4 Å². The Bertz CT molecular complexity index is 1870. The molecule has 0 bridgehead atoms. The van der Waals surface area contributed by atoms with E-state index < -0.39 is 84.8 Å². The number of esters is 4. The maximum Gasteiger partial charge on any atom is 0.311 e. The Hall–Kier alpha value is -2.52. The van der Waals surface area contributed by atoms with Crippen molar-refractivity contribution in [3.05, 3.63) is 0 Å². The molecule has 1 fully saturated rings. The molecular formula is C42H78O21S4-4. The highest BCUT2D eigenvalue weighted by Gasteiger charge is 2.33. The lowest BCUT2D eigenvalue weighted by Crippen LogP contribution is -2.35. The molecule has 67 heavy (non-hydrogen) atoms. The van der Waals surface area contributed by atoms with Gasteiger partial charge in [-0.15, -0.1) is 0 Å². The third-order valence-corrected chi connectivity index (χ3v) is 14.4. The number of ether oxygens (including phenoxy) is 5. The number of carbonyl (C=O) groups is 4. The van der Waals surface area contributed by atoms with E-state index >= 15 is 0 Å². The van der Waals surface area contributed by atoms with Crippen LogP contribution in [0.1, 0.15) is 167 Å². The van der Waals surface area contributed by atoms with E-state index in [0.717, 1.165) is 0 Å². The van der Waals surface area contributed by atoms with Crippen LogP contribution in [0.2, 0.25) is 0 Å². The van der Waals surface area contributed by atoms with E-state index in [2.05, 4.69) is 4.74 Å². The van der Waals surface area contributed by atoms with Gasteiger partial charge < -0.3 is 41.9 Å². The maximum absolute atomic E-state index is 11.8. The fraction of sp³-hybridized carbons (Fsp3) is 0.905. The molecule has 0 amide bonds. The van der Waals surface area contributed by atoms with Gasteiger partial charge in [0, 0.05) is 16.8 Å². The second-order valence-corrected chi connectivity index (χ2v) is 24.7. The van der Waals surface area contributed by atoms with Crippen LogP contribution in [-0.4, -0.2) is 130 Å². The second kappa shape index (κ2) is 31.0. The van der Waals surface area contributed by atoms with Crippen molar-refractivity contribution in [2.75, 3.05) is 37.3 Å². The molecule has 25 heteroatoms. The van der Waals surface area contributed by atoms with Crippen LogP contribution in [0.15, 0.2) is 0 Å². The zero-order valence-corrected chi connectivity index (χ0v) is 44.9. The van der Waals surface area contributed by atoms with Gasteiger partial charge in [-0.3, -0.25) is 19.2 Å². The molecule has 1 saturated carbocycles. The lowest BCUT2D eigenvalue weighted by atomic mass is 9.90. The monoisotopic (exact) mass is 1050 g/mol. The molecule has 400 valence electrons. The molecule has 0 aromatic carbocycles. The predicted octanol–water partition coefficient (Wildman–Crippen LogP) is 5.28. The molecular weight excluding hydrogens is 969 g/mol. The van der Waals surface area contributed by atoms with Gasteiger partial charge in [0.25, 0.3) is 0 Å². The average Bonchev–Trinajstić information content (AvgIpc) is 3.19. The van der Waals surface area contributed by atoms with Gasteiger partial charge in [0.15, 0.2) is 0 Å². The fourth-order valence-electron chi connectivity index (χ4n) is 4.57. The van der Waals surface area contributed by atoms with Crippen molar-refractivity contribution in [3.8, 4) is 0 Å². The van der Waals surface area contributed by atoms with Crippen molar-refractivity contribution in [1.82, 2.24) is 0 Å². The topological polar surface area (TPSA) is 343 Å². The van der Waals surface area contributed by atoms with Crippen molar-refractivity contribution in [2.24, 2.45) is 21.7 Å². The quantitative estimate of drug-likeness (QED) is 0.0486. The SMILES string of the molecule is CCC(C)(C)C(=O)OC(C)CCCS(=O)(=O)[O-].CCC(C)(C)C(=O)OC1CCC(S(=O)(=O)[O-])CC1.CCC(C)(C)C(=O)OCCCCS(=O)(=O)[O-].CCC(C)(C)C(=O)OCCOCS(=O)(=O)[O-]. The van der Waals surface area contributed by atoms with Gasteiger partial charge in [0.1, 0.15) is 28.8 Å². The molecule has 0 heterocycles. The van der Waals surface area contributed by atoms with Crippen LogP contribution >= 0.6 is 0 Å². The summed E-state index contributed by atoms with van der Waals surface area (Å²) < 4.78 is 150. The first kappa shape index (κ1) is 68.7. The van der Waals surface area contributed by atoms with Crippen LogP contribution in [0.5, 0.6) is 0 Å². The molecule has 0 spiro atoms. The zero-order chi connectivity index (χ0) is 53.3. The van der Waals surface area contributed by atoms with Gasteiger partial charge in [-0.05, 0) is 139 Å². The van der Waals surface area contributed by atoms with E-state index in [1.54, 1.807) is 48.5 Å². The molecule has 0 N–H and O–H groups in total. The van der Waals surface area contributed by atoms with Crippen LogP contribution in [-0.2, 0) is 83.3 Å². The number of carbonyl (C=O) groups excluding carboxylic acids is 4. The van der Waals surface area contributed by atoms with Gasteiger partial charge in [0.2, 0.25) is 0 Å². The third kappa shape index (κ3) is 35.3. The summed E-state index contributed by atoms with van der Waals surface area (Å²) in [5, 5.41) is -0.813. The van der Waals surface area contributed by atoms with E-state index in [9.17, 15) is 71.1 Å². The first-order chi connectivity index (χ1) is 30.1. The summed E-state index contributed by atoms with van der Waals surface area (Å²) in [4.78, 5) is 46.4. The van der Waals surface area contributed by atoms with Crippen molar-refractivity contribution in [1.29, 1.82) is 0 Å². The number of hydrogen-bond acceptors (Lipinski definition) is 21. The minimum absolute atomic E-state index is 0.0578. The molecule has 1 atom stereocenters. The first-order valence-electron chi connectivity index (χ1n) is 22.2. The number of rotatable bonds is 25. The van der Waals surface area contributed by atoms with Gasteiger partial charge in [-0.2, -0.15) is 0 Å². The Morgan fingerprint density at radius 3 is 1.30 bits per heavy atom. The van der Waals surface area contributed by atoms with Crippen LogP contribution in [0.3, 0.4) is 0 Å². The lowest BCUT2D eigenvalue weighted by molar-refractivity contribution is -0.161. The first-order valence-corrected chi connectivity index (χ1v) is 28.4. The lowest BCUT2D eigenvalue weighted by Gasteiger charge is -2.31. The third-order valence-electron chi connectivity index (χ3n) is 11.1. The highest BCUT2D eigenvalue weighted by molar-refractivity contribution is 7.86. The Balaban J connectivity index is -0.000000816. The van der Waals surface area contributed by atoms with Gasteiger partial charge in [-0.1, -0.05) is 27.7 Å². The summed E-state index contributed by atoms with van der Waals surface area (Å²) in [6.07, 6.45) is 4.78. The summed E-state index contributed by atoms with van der Waals surface area (Å²) in [5.41, 5.74) is -2.12. The molecule has 0 aromatic rings. The van der Waals surface area contributed by atoms with Gasteiger partial charge in [-0.25, -0.2) is 33.7 Å².